The molecule has 0 saturated carbocycles. The number of rotatable bonds is 4. The first-order valence-corrected chi connectivity index (χ1v) is 8.84. The molecule has 2 aromatic carbocycles. The fourth-order valence-corrected chi connectivity index (χ4v) is 2.93. The molecule has 1 atom stereocenters. The summed E-state index contributed by atoms with van der Waals surface area (Å²) in [6.45, 7) is 6.03. The molecule has 3 aromatic rings. The van der Waals surface area contributed by atoms with Gasteiger partial charge in [-0.05, 0) is 62.7 Å². The second kappa shape index (κ2) is 6.77. The zero-order valence-electron chi connectivity index (χ0n) is 14.0. The average molecular weight is 386 g/mol. The fraction of sp³-hybridized carbons (Fsp3) is 0.263. The van der Waals surface area contributed by atoms with E-state index in [2.05, 4.69) is 37.7 Å². The van der Waals surface area contributed by atoms with Gasteiger partial charge in [0.1, 0.15) is 5.82 Å². The van der Waals surface area contributed by atoms with Gasteiger partial charge in [-0.15, -0.1) is 0 Å². The summed E-state index contributed by atoms with van der Waals surface area (Å²) < 4.78 is 3.13. The summed E-state index contributed by atoms with van der Waals surface area (Å²) in [5.41, 5.74) is 3.51. The van der Waals surface area contributed by atoms with Crippen LogP contribution in [0, 0.1) is 6.92 Å². The Bertz CT molecular complexity index is 884. The minimum atomic E-state index is -0.0536. The third kappa shape index (κ3) is 3.22. The molecule has 0 aliphatic rings. The Morgan fingerprint density at radius 3 is 2.62 bits per heavy atom. The number of amides is 1. The van der Waals surface area contributed by atoms with Gasteiger partial charge in [0.2, 0.25) is 0 Å². The lowest BCUT2D eigenvalue weighted by Gasteiger charge is -2.11. The van der Waals surface area contributed by atoms with Crippen LogP contribution < -0.4 is 5.32 Å². The van der Waals surface area contributed by atoms with Crippen LogP contribution in [0.15, 0.2) is 46.9 Å². The van der Waals surface area contributed by atoms with Crippen LogP contribution in [-0.2, 0) is 0 Å². The molecule has 1 aromatic heterocycles. The average Bonchev–Trinajstić information content (AvgIpc) is 2.90. The Hall–Kier alpha value is -2.14. The van der Waals surface area contributed by atoms with Crippen LogP contribution >= 0.6 is 15.9 Å². The summed E-state index contributed by atoms with van der Waals surface area (Å²) >= 11 is 3.46. The van der Waals surface area contributed by atoms with Crippen molar-refractivity contribution in [2.45, 2.75) is 33.2 Å². The van der Waals surface area contributed by atoms with Crippen LogP contribution in [0.5, 0.6) is 0 Å². The minimum Gasteiger partial charge on any atom is -0.350 e. The van der Waals surface area contributed by atoms with Gasteiger partial charge in [0.25, 0.3) is 5.91 Å². The molecule has 0 spiro atoms. The van der Waals surface area contributed by atoms with Gasteiger partial charge in [0.05, 0.1) is 11.0 Å². The maximum atomic E-state index is 12.3. The summed E-state index contributed by atoms with van der Waals surface area (Å²) in [5.74, 6) is 0.842. The molecular weight excluding hydrogens is 366 g/mol. The van der Waals surface area contributed by atoms with E-state index in [1.54, 1.807) is 0 Å². The first-order chi connectivity index (χ1) is 11.5. The van der Waals surface area contributed by atoms with E-state index in [1.807, 2.05) is 56.3 Å². The standard InChI is InChI=1S/C19H20BrN3O/c1-4-12(2)21-19(24)14-5-10-18-17(11-14)22-13(3)23(18)16-8-6-15(20)7-9-16/h5-12H,4H2,1-3H3,(H,21,24). The lowest BCUT2D eigenvalue weighted by atomic mass is 10.1. The molecule has 1 heterocycles. The lowest BCUT2D eigenvalue weighted by Crippen LogP contribution is -2.31. The number of hydrogen-bond acceptors (Lipinski definition) is 2. The van der Waals surface area contributed by atoms with Crippen LogP contribution in [0.25, 0.3) is 16.7 Å². The Labute approximate surface area is 150 Å². The van der Waals surface area contributed by atoms with E-state index in [0.717, 1.165) is 33.4 Å². The maximum absolute atomic E-state index is 12.3. The molecule has 0 fully saturated rings. The highest BCUT2D eigenvalue weighted by Crippen LogP contribution is 2.23. The Morgan fingerprint density at radius 1 is 1.25 bits per heavy atom. The van der Waals surface area contributed by atoms with Crippen LogP contribution in [0.4, 0.5) is 0 Å². The molecule has 1 amide bonds. The molecule has 124 valence electrons. The molecule has 4 nitrogen and oxygen atoms in total. The van der Waals surface area contributed by atoms with Crippen molar-refractivity contribution < 1.29 is 4.79 Å². The largest absolute Gasteiger partial charge is 0.350 e. The Balaban J connectivity index is 2.01. The quantitative estimate of drug-likeness (QED) is 0.711. The van der Waals surface area contributed by atoms with E-state index in [0.29, 0.717) is 5.56 Å². The molecule has 5 heteroatoms. The Morgan fingerprint density at radius 2 is 1.96 bits per heavy atom. The van der Waals surface area contributed by atoms with E-state index in [9.17, 15) is 4.79 Å². The van der Waals surface area contributed by atoms with Gasteiger partial charge in [-0.1, -0.05) is 22.9 Å². The number of imidazole rings is 1. The van der Waals surface area contributed by atoms with Gasteiger partial charge in [-0.25, -0.2) is 4.98 Å². The summed E-state index contributed by atoms with van der Waals surface area (Å²) in [5, 5.41) is 2.99. The van der Waals surface area contributed by atoms with E-state index < -0.39 is 0 Å². The van der Waals surface area contributed by atoms with Crippen molar-refractivity contribution in [2.75, 3.05) is 0 Å². The van der Waals surface area contributed by atoms with Gasteiger partial charge < -0.3 is 5.32 Å². The molecule has 24 heavy (non-hydrogen) atoms. The van der Waals surface area contributed by atoms with Crippen LogP contribution in [0.2, 0.25) is 0 Å². The minimum absolute atomic E-state index is 0.0536. The zero-order valence-corrected chi connectivity index (χ0v) is 15.6. The summed E-state index contributed by atoms with van der Waals surface area (Å²) in [4.78, 5) is 16.9. The van der Waals surface area contributed by atoms with E-state index in [1.165, 1.54) is 0 Å². The molecule has 1 unspecified atom stereocenters. The molecule has 0 saturated heterocycles. The third-order valence-corrected chi connectivity index (χ3v) is 4.69. The predicted molar refractivity (Wildman–Crippen MR) is 101 cm³/mol. The van der Waals surface area contributed by atoms with Crippen molar-refractivity contribution in [3.63, 3.8) is 0 Å². The first kappa shape index (κ1) is 16.7. The zero-order chi connectivity index (χ0) is 17.3. The van der Waals surface area contributed by atoms with Crippen LogP contribution in [-0.4, -0.2) is 21.5 Å². The van der Waals surface area contributed by atoms with Gasteiger partial charge in [-0.2, -0.15) is 0 Å². The smallest absolute Gasteiger partial charge is 0.251 e. The monoisotopic (exact) mass is 385 g/mol. The van der Waals surface area contributed by atoms with Crippen LogP contribution in [0.3, 0.4) is 0 Å². The van der Waals surface area contributed by atoms with Gasteiger partial charge in [-0.3, -0.25) is 9.36 Å². The van der Waals surface area contributed by atoms with Crippen molar-refractivity contribution >= 4 is 32.9 Å². The Kier molecular flexibility index (Phi) is 4.71. The fourth-order valence-electron chi connectivity index (χ4n) is 2.67. The highest BCUT2D eigenvalue weighted by Gasteiger charge is 2.13. The molecule has 0 aliphatic heterocycles. The van der Waals surface area contributed by atoms with Crippen LogP contribution in [0.1, 0.15) is 36.5 Å². The SMILES string of the molecule is CCC(C)NC(=O)c1ccc2c(c1)nc(C)n2-c1ccc(Br)cc1. The van der Waals surface area contributed by atoms with Gasteiger partial charge >= 0.3 is 0 Å². The number of fused-ring (bicyclic) bond motifs is 1. The van der Waals surface area contributed by atoms with E-state index in [4.69, 9.17) is 0 Å². The summed E-state index contributed by atoms with van der Waals surface area (Å²) in [7, 11) is 0. The molecule has 1 N–H and O–H groups in total. The molecule has 0 bridgehead atoms. The van der Waals surface area contributed by atoms with Crippen molar-refractivity contribution in [1.82, 2.24) is 14.9 Å². The molecule has 0 radical (unpaired) electrons. The van der Waals surface area contributed by atoms with E-state index >= 15 is 0 Å². The number of benzene rings is 2. The number of carbonyl (C=O) groups is 1. The molecule has 3 rings (SSSR count). The highest BCUT2D eigenvalue weighted by molar-refractivity contribution is 9.10. The number of nitrogens with one attached hydrogen (secondary N) is 1. The number of nitrogens with zero attached hydrogens (tertiary/aromatic N) is 2. The maximum Gasteiger partial charge on any atom is 0.251 e. The highest BCUT2D eigenvalue weighted by atomic mass is 79.9. The van der Waals surface area contributed by atoms with Gasteiger partial charge in [0.15, 0.2) is 0 Å². The number of carbonyl (C=O) groups excluding carboxylic acids is 1. The van der Waals surface area contributed by atoms with Gasteiger partial charge in [0, 0.05) is 21.8 Å². The topological polar surface area (TPSA) is 46.9 Å². The van der Waals surface area contributed by atoms with Crippen molar-refractivity contribution in [2.24, 2.45) is 0 Å². The van der Waals surface area contributed by atoms with Crippen molar-refractivity contribution in [3.05, 3.63) is 58.3 Å². The number of halogens is 1. The molecule has 0 aliphatic carbocycles. The normalized spacial score (nSPS) is 12.3. The number of aryl methyl sites for hydroxylation is 1. The predicted octanol–water partition coefficient (Wildman–Crippen LogP) is 4.62. The second-order valence-electron chi connectivity index (χ2n) is 5.96. The number of hydrogen-bond donors (Lipinski definition) is 1. The number of aromatic nitrogens is 2. The third-order valence-electron chi connectivity index (χ3n) is 4.16. The summed E-state index contributed by atoms with van der Waals surface area (Å²) in [6.07, 6.45) is 0.908. The van der Waals surface area contributed by atoms with E-state index in [-0.39, 0.29) is 11.9 Å². The first-order valence-electron chi connectivity index (χ1n) is 8.05. The van der Waals surface area contributed by atoms with Crippen molar-refractivity contribution in [1.29, 1.82) is 0 Å². The summed E-state index contributed by atoms with van der Waals surface area (Å²) in [6, 6.07) is 13.9. The lowest BCUT2D eigenvalue weighted by molar-refractivity contribution is 0.0939. The second-order valence-corrected chi connectivity index (χ2v) is 6.87. The van der Waals surface area contributed by atoms with Crippen molar-refractivity contribution in [3.8, 4) is 5.69 Å². The molecular formula is C19H20BrN3O.